The zero-order valence-electron chi connectivity index (χ0n) is 23.1. The molecule has 0 heterocycles. The summed E-state index contributed by atoms with van der Waals surface area (Å²) in [5.41, 5.74) is -0.0652. The first-order chi connectivity index (χ1) is 18.9. The number of non-ortho nitro benzene ring substituents is 2. The fourth-order valence-electron chi connectivity index (χ4n) is 4.40. The number of rotatable bonds is 21. The smallest absolute Gasteiger partial charge is 0.276 e. The van der Waals surface area contributed by atoms with Gasteiger partial charge in [0.2, 0.25) is 0 Å². The molecule has 0 aromatic heterocycles. The van der Waals surface area contributed by atoms with Crippen LogP contribution in [-0.2, 0) is 0 Å². The Balaban J connectivity index is 1.61. The van der Waals surface area contributed by atoms with Crippen molar-refractivity contribution in [3.63, 3.8) is 0 Å². The second-order valence-corrected chi connectivity index (χ2v) is 11.1. The van der Waals surface area contributed by atoms with Crippen molar-refractivity contribution < 1.29 is 14.6 Å². The second-order valence-electron chi connectivity index (χ2n) is 9.96. The minimum absolute atomic E-state index is 0.226. The molecule has 2 aromatic carbocycles. The number of nitro benzene ring substituents is 2. The van der Waals surface area contributed by atoms with Gasteiger partial charge in [-0.25, -0.2) is 0 Å². The van der Waals surface area contributed by atoms with Gasteiger partial charge in [0.25, 0.3) is 11.4 Å². The van der Waals surface area contributed by atoms with Gasteiger partial charge in [0, 0.05) is 22.6 Å². The first-order valence-electron chi connectivity index (χ1n) is 14.3. The van der Waals surface area contributed by atoms with Gasteiger partial charge in [0.05, 0.1) is 15.9 Å². The van der Waals surface area contributed by atoms with E-state index >= 15 is 0 Å². The highest BCUT2D eigenvalue weighted by atomic mass is 32.2. The first-order valence-corrected chi connectivity index (χ1v) is 15.3. The largest absolute Gasteiger partial charge is 0.289 e. The van der Waals surface area contributed by atoms with E-state index < -0.39 is 21.2 Å². The maximum atomic E-state index is 12.5. The van der Waals surface area contributed by atoms with Crippen LogP contribution >= 0.6 is 11.8 Å². The summed E-state index contributed by atoms with van der Waals surface area (Å²) in [6.07, 6.45) is 21.5. The number of hydrogen-bond acceptors (Lipinski definition) is 6. The van der Waals surface area contributed by atoms with Crippen molar-refractivity contribution in [1.29, 1.82) is 0 Å². The fourth-order valence-corrected chi connectivity index (χ4v) is 5.31. The SMILES string of the molecule is CCCCCCCCCCCCCCCCSc1ccc(C(=O)C=Cc2cc([N+](=O)[O-])cc([N+](=O)[O-])c2)cc1. The number of nitrogens with zero attached hydrogens (tertiary/aromatic N) is 2. The molecule has 0 radical (unpaired) electrons. The number of unbranched alkanes of at least 4 members (excludes halogenated alkanes) is 13. The number of thioether (sulfide) groups is 1. The van der Waals surface area contributed by atoms with Crippen LogP contribution in [0.3, 0.4) is 0 Å². The summed E-state index contributed by atoms with van der Waals surface area (Å²) in [6, 6.07) is 10.7. The van der Waals surface area contributed by atoms with Crippen molar-refractivity contribution in [2.75, 3.05) is 5.75 Å². The van der Waals surface area contributed by atoms with Crippen molar-refractivity contribution in [3.05, 3.63) is 79.9 Å². The van der Waals surface area contributed by atoms with E-state index in [0.717, 1.165) is 16.7 Å². The zero-order valence-corrected chi connectivity index (χ0v) is 24.0. The van der Waals surface area contributed by atoms with Crippen molar-refractivity contribution in [2.24, 2.45) is 0 Å². The van der Waals surface area contributed by atoms with Gasteiger partial charge in [-0.3, -0.25) is 25.0 Å². The molecular weight excluding hydrogens is 512 g/mol. The Hall–Kier alpha value is -3.00. The number of carbonyl (C=O) groups is 1. The van der Waals surface area contributed by atoms with E-state index in [1.54, 1.807) is 23.9 Å². The van der Waals surface area contributed by atoms with E-state index in [9.17, 15) is 25.0 Å². The lowest BCUT2D eigenvalue weighted by atomic mass is 10.0. The van der Waals surface area contributed by atoms with Gasteiger partial charge in [-0.05, 0) is 48.1 Å². The van der Waals surface area contributed by atoms with E-state index in [1.807, 2.05) is 12.1 Å². The van der Waals surface area contributed by atoms with Crippen molar-refractivity contribution in [3.8, 4) is 0 Å². The van der Waals surface area contributed by atoms with E-state index in [0.29, 0.717) is 5.56 Å². The fraction of sp³-hybridized carbons (Fsp3) is 0.516. The lowest BCUT2D eigenvalue weighted by molar-refractivity contribution is -0.394. The highest BCUT2D eigenvalue weighted by Gasteiger charge is 2.15. The zero-order chi connectivity index (χ0) is 28.3. The second kappa shape index (κ2) is 19.1. The quantitative estimate of drug-likeness (QED) is 0.0380. The van der Waals surface area contributed by atoms with Crippen LogP contribution in [0.4, 0.5) is 11.4 Å². The molecule has 0 aliphatic heterocycles. The molecule has 2 aromatic rings. The van der Waals surface area contributed by atoms with Crippen LogP contribution in [0.5, 0.6) is 0 Å². The third-order valence-corrected chi connectivity index (χ3v) is 7.78. The number of ketones is 1. The van der Waals surface area contributed by atoms with E-state index in [1.165, 1.54) is 114 Å². The molecule has 0 saturated heterocycles. The molecule has 0 N–H and O–H groups in total. The van der Waals surface area contributed by atoms with Crippen LogP contribution in [0.25, 0.3) is 6.08 Å². The summed E-state index contributed by atoms with van der Waals surface area (Å²) >= 11 is 1.79. The highest BCUT2D eigenvalue weighted by molar-refractivity contribution is 7.99. The minimum atomic E-state index is -0.693. The Labute approximate surface area is 236 Å². The topological polar surface area (TPSA) is 103 Å². The predicted octanol–water partition coefficient (Wildman–Crippen LogP) is 9.97. The lowest BCUT2D eigenvalue weighted by Gasteiger charge is -2.04. The van der Waals surface area contributed by atoms with Crippen molar-refractivity contribution in [1.82, 2.24) is 0 Å². The molecule has 8 heteroatoms. The first kappa shape index (κ1) is 32.2. The maximum absolute atomic E-state index is 12.5. The molecule has 0 fully saturated rings. The third kappa shape index (κ3) is 13.6. The third-order valence-electron chi connectivity index (χ3n) is 6.68. The van der Waals surface area contributed by atoms with Crippen LogP contribution in [0.1, 0.15) is 113 Å². The summed E-state index contributed by atoms with van der Waals surface area (Å²) in [5, 5.41) is 22.1. The number of allylic oxidation sites excluding steroid dienone is 1. The number of hydrogen-bond donors (Lipinski definition) is 0. The lowest BCUT2D eigenvalue weighted by Crippen LogP contribution is -1.95. The van der Waals surface area contributed by atoms with Gasteiger partial charge in [-0.15, -0.1) is 11.8 Å². The van der Waals surface area contributed by atoms with E-state index in [-0.39, 0.29) is 11.3 Å². The molecule has 2 rings (SSSR count). The molecule has 0 saturated carbocycles. The Kier molecular flexibility index (Phi) is 15.8. The molecule has 212 valence electrons. The molecule has 0 atom stereocenters. The average molecular weight is 555 g/mol. The molecule has 0 amide bonds. The summed E-state index contributed by atoms with van der Waals surface area (Å²) in [4.78, 5) is 34.3. The molecule has 7 nitrogen and oxygen atoms in total. The van der Waals surface area contributed by atoms with E-state index in [2.05, 4.69) is 6.92 Å². The van der Waals surface area contributed by atoms with Crippen LogP contribution in [0.15, 0.2) is 53.4 Å². The Morgan fingerprint density at radius 1 is 0.718 bits per heavy atom. The van der Waals surface area contributed by atoms with Gasteiger partial charge in [0.1, 0.15) is 0 Å². The van der Waals surface area contributed by atoms with Crippen LogP contribution < -0.4 is 0 Å². The molecule has 0 bridgehead atoms. The van der Waals surface area contributed by atoms with Gasteiger partial charge in [-0.2, -0.15) is 0 Å². The minimum Gasteiger partial charge on any atom is -0.289 e. The number of benzene rings is 2. The van der Waals surface area contributed by atoms with Gasteiger partial charge < -0.3 is 0 Å². The van der Waals surface area contributed by atoms with Crippen LogP contribution in [-0.4, -0.2) is 21.4 Å². The maximum Gasteiger partial charge on any atom is 0.276 e. The van der Waals surface area contributed by atoms with Crippen molar-refractivity contribution in [2.45, 2.75) is 102 Å². The van der Waals surface area contributed by atoms with Crippen LogP contribution in [0, 0.1) is 20.2 Å². The van der Waals surface area contributed by atoms with Crippen LogP contribution in [0.2, 0.25) is 0 Å². The van der Waals surface area contributed by atoms with Crippen molar-refractivity contribution >= 4 is 35.0 Å². The molecular formula is C31H42N2O5S. The molecule has 39 heavy (non-hydrogen) atoms. The normalized spacial score (nSPS) is 11.2. The monoisotopic (exact) mass is 554 g/mol. The Morgan fingerprint density at radius 2 is 1.18 bits per heavy atom. The van der Waals surface area contributed by atoms with Gasteiger partial charge >= 0.3 is 0 Å². The summed E-state index contributed by atoms with van der Waals surface area (Å²) < 4.78 is 0. The van der Waals surface area contributed by atoms with Gasteiger partial charge in [-0.1, -0.05) is 96.5 Å². The molecule has 0 spiro atoms. The molecule has 0 aliphatic carbocycles. The standard InChI is InChI=1S/C31H42N2O5S/c1-2-3-4-5-6-7-8-9-10-11-12-13-14-15-22-39-30-19-17-27(18-20-30)31(34)21-16-26-23-28(32(35)36)25-29(24-26)33(37)38/h16-21,23-25H,2-15,22H2,1H3. The Morgan fingerprint density at radius 3 is 1.64 bits per heavy atom. The summed E-state index contributed by atoms with van der Waals surface area (Å²) in [5.74, 6) is 0.782. The van der Waals surface area contributed by atoms with Gasteiger partial charge in [0.15, 0.2) is 5.78 Å². The van der Waals surface area contributed by atoms with E-state index in [4.69, 9.17) is 0 Å². The molecule has 0 unspecified atom stereocenters. The summed E-state index contributed by atoms with van der Waals surface area (Å²) in [7, 11) is 0. The average Bonchev–Trinajstić information content (AvgIpc) is 2.94. The Bertz CT molecular complexity index is 1040. The summed E-state index contributed by atoms with van der Waals surface area (Å²) in [6.45, 7) is 2.26. The number of carbonyl (C=O) groups excluding carboxylic acids is 1. The predicted molar refractivity (Wildman–Crippen MR) is 161 cm³/mol. The highest BCUT2D eigenvalue weighted by Crippen LogP contribution is 2.24. The molecule has 0 aliphatic rings. The number of nitro groups is 2.